The minimum Gasteiger partial charge on any atom is -0.508 e. The van der Waals surface area contributed by atoms with Gasteiger partial charge in [-0.2, -0.15) is 0 Å². The Labute approximate surface area is 332 Å². The number of likely N-dealkylation sites (tertiary alicyclic amines) is 1. The van der Waals surface area contributed by atoms with Crippen molar-refractivity contribution in [2.75, 3.05) is 33.4 Å². The first kappa shape index (κ1) is 44.6. The topological polar surface area (TPSA) is 185 Å². The molecule has 0 radical (unpaired) electrons. The van der Waals surface area contributed by atoms with E-state index in [1.807, 2.05) is 4.90 Å². The van der Waals surface area contributed by atoms with Gasteiger partial charge in [0.1, 0.15) is 28.8 Å². The lowest BCUT2D eigenvalue weighted by Crippen LogP contribution is -2.55. The zero-order valence-corrected chi connectivity index (χ0v) is 35.0. The molecule has 1 saturated heterocycles. The van der Waals surface area contributed by atoms with Crippen molar-refractivity contribution in [3.63, 3.8) is 0 Å². The molecule has 7 atom stereocenters. The Bertz CT molecular complexity index is 1560. The van der Waals surface area contributed by atoms with Crippen LogP contribution < -0.4 is 22.3 Å². The third-order valence-electron chi connectivity index (χ3n) is 11.8. The van der Waals surface area contributed by atoms with Crippen LogP contribution in [0, 0.1) is 11.8 Å². The molecule has 4 rings (SSSR count). The Balaban J connectivity index is 1.48. The van der Waals surface area contributed by atoms with Crippen LogP contribution in [0.3, 0.4) is 0 Å². The molecule has 0 spiro atoms. The van der Waals surface area contributed by atoms with E-state index in [0.29, 0.717) is 56.0 Å². The predicted molar refractivity (Wildman–Crippen MR) is 216 cm³/mol. The number of phenols is 1. The summed E-state index contributed by atoms with van der Waals surface area (Å²) < 4.78 is 12.7. The quantitative estimate of drug-likeness (QED) is 0.0506. The summed E-state index contributed by atoms with van der Waals surface area (Å²) in [6.45, 7) is 15.3. The lowest BCUT2D eigenvalue weighted by atomic mass is 9.79. The normalized spacial score (nSPS) is 21.6. The number of hydrogen-bond donors (Lipinski definition) is 5. The van der Waals surface area contributed by atoms with Gasteiger partial charge >= 0.3 is 0 Å². The van der Waals surface area contributed by atoms with Gasteiger partial charge in [-0.25, -0.2) is 10.8 Å². The summed E-state index contributed by atoms with van der Waals surface area (Å²) in [5.74, 6) is 4.45. The number of likely N-dealkylation sites (N-methyl/N-ethyl adjacent to an activating group) is 1. The molecule has 7 N–H and O–H groups in total. The highest BCUT2D eigenvalue weighted by atomic mass is 32.1. The highest BCUT2D eigenvalue weighted by Gasteiger charge is 2.42. The molecule has 2 unspecified atom stereocenters. The van der Waals surface area contributed by atoms with E-state index < -0.39 is 17.6 Å². The highest BCUT2D eigenvalue weighted by molar-refractivity contribution is 7.09. The van der Waals surface area contributed by atoms with Crippen LogP contribution in [-0.2, 0) is 25.5 Å². The maximum atomic E-state index is 14.3. The lowest BCUT2D eigenvalue weighted by molar-refractivity contribution is -0.143. The molecule has 13 nitrogen and oxygen atoms in total. The van der Waals surface area contributed by atoms with E-state index in [9.17, 15) is 19.5 Å². The van der Waals surface area contributed by atoms with Crippen LogP contribution in [-0.4, -0.2) is 94.8 Å². The second-order valence-electron chi connectivity index (χ2n) is 16.1. The van der Waals surface area contributed by atoms with Gasteiger partial charge in [-0.05, 0) is 94.1 Å². The second kappa shape index (κ2) is 20.9. The molecule has 1 aliphatic carbocycles. The van der Waals surface area contributed by atoms with Crippen LogP contribution in [0.4, 0.5) is 0 Å². The number of nitrogens with zero attached hydrogens (tertiary/aromatic N) is 3. The maximum Gasteiger partial charge on any atom is 0.270 e. The third kappa shape index (κ3) is 11.5. The van der Waals surface area contributed by atoms with E-state index in [-0.39, 0.29) is 59.3 Å². The molecular weight excluding hydrogens is 719 g/mol. The first-order chi connectivity index (χ1) is 26.3. The number of aromatic hydroxyl groups is 1. The van der Waals surface area contributed by atoms with Crippen molar-refractivity contribution < 1.29 is 29.0 Å². The van der Waals surface area contributed by atoms with Gasteiger partial charge in [-0.3, -0.25) is 24.7 Å². The number of nitrogens with one attached hydrogen (secondary N) is 2. The molecule has 2 aliphatic rings. The second-order valence-corrected chi connectivity index (χ2v) is 17.0. The summed E-state index contributed by atoms with van der Waals surface area (Å²) in [6, 6.07) is 4.79. The van der Waals surface area contributed by atoms with Gasteiger partial charge in [-0.1, -0.05) is 53.5 Å². The molecule has 1 aromatic carbocycles. The van der Waals surface area contributed by atoms with Crippen LogP contribution in [0.25, 0.3) is 0 Å². The highest BCUT2D eigenvalue weighted by Crippen LogP contribution is 2.39. The number of amides is 3. The van der Waals surface area contributed by atoms with Gasteiger partial charge in [0.2, 0.25) is 11.8 Å². The number of phenolic OH excluding ortho intramolecular Hbond substituents is 1. The number of hydrazine groups is 1. The molecule has 0 bridgehead atoms. The van der Waals surface area contributed by atoms with Gasteiger partial charge in [0.15, 0.2) is 0 Å². The molecule has 1 fully saturated rings. The number of hydrogen-bond acceptors (Lipinski definition) is 11. The summed E-state index contributed by atoms with van der Waals surface area (Å²) in [6.07, 6.45) is 6.67. The Hall–Kier alpha value is -3.14. The summed E-state index contributed by atoms with van der Waals surface area (Å²) in [7, 11) is 2.11. The Morgan fingerprint density at radius 3 is 2.58 bits per heavy atom. The smallest absolute Gasteiger partial charge is 0.270 e. The molecular formula is C41H67N7O6S. The fraction of sp³-hybridized carbons (Fsp3) is 0.707. The minimum absolute atomic E-state index is 0.0418. The molecule has 14 heteroatoms. The number of benzene rings is 1. The van der Waals surface area contributed by atoms with Crippen molar-refractivity contribution in [3.05, 3.63) is 45.4 Å². The molecule has 2 heterocycles. The van der Waals surface area contributed by atoms with Crippen LogP contribution >= 0.6 is 11.3 Å². The van der Waals surface area contributed by atoms with Gasteiger partial charge in [-0.15, -0.1) is 11.3 Å². The Morgan fingerprint density at radius 1 is 1.16 bits per heavy atom. The number of nitrogens with two attached hydrogens (primary N) is 2. The number of thiazole rings is 1. The first-order valence-electron chi connectivity index (χ1n) is 20.3. The molecule has 308 valence electrons. The van der Waals surface area contributed by atoms with E-state index in [0.717, 1.165) is 44.2 Å². The van der Waals surface area contributed by atoms with E-state index in [1.54, 1.807) is 23.6 Å². The van der Waals surface area contributed by atoms with Crippen LogP contribution in [0.1, 0.15) is 138 Å². The lowest BCUT2D eigenvalue weighted by Gasteiger charge is -2.46. The molecule has 55 heavy (non-hydrogen) atoms. The summed E-state index contributed by atoms with van der Waals surface area (Å²) in [5.41, 5.74) is 10.0. The Kier molecular flexibility index (Phi) is 16.9. The number of fused-ring (bicyclic) bond motifs is 1. The minimum atomic E-state index is -0.618. The predicted octanol–water partition coefficient (Wildman–Crippen LogP) is 5.38. The van der Waals surface area contributed by atoms with Crippen LogP contribution in [0.5, 0.6) is 5.75 Å². The van der Waals surface area contributed by atoms with Crippen molar-refractivity contribution in [3.8, 4) is 5.75 Å². The van der Waals surface area contributed by atoms with Gasteiger partial charge < -0.3 is 30.5 Å². The number of carbonyl (C=O) groups is 3. The van der Waals surface area contributed by atoms with E-state index >= 15 is 0 Å². The summed E-state index contributed by atoms with van der Waals surface area (Å²) in [5, 5.41) is 15.6. The molecule has 3 amide bonds. The van der Waals surface area contributed by atoms with Gasteiger partial charge in [0, 0.05) is 49.0 Å². The maximum absolute atomic E-state index is 14.3. The standard InChI is InChI=1S/C41H67N7O6S/c1-8-16-48(36(50)19-27(10-3)24-54-37(42)34-13-11-12-17-47(34)7)41(6,26(4)5)23-35(53-18-9-2)40-45-33(25-55-40)39(52)44-29-20-28-14-15-30(49)22-31(28)32(21-29)38(51)46-43/h14-15,22,25-27,29,32,34-35,37,49H,8-13,16-21,23-24,42-43H2,1-7H3,(H,44,52)(H,46,51)/t27-,29-,32+,34+,35+,37?,41?/m0/s1. The average molecular weight is 786 g/mol. The fourth-order valence-electron chi connectivity index (χ4n) is 8.06. The number of piperidine rings is 1. The third-order valence-corrected chi connectivity index (χ3v) is 12.8. The fourth-order valence-corrected chi connectivity index (χ4v) is 8.91. The number of aromatic nitrogens is 1. The first-order valence-corrected chi connectivity index (χ1v) is 21.2. The number of rotatable bonds is 20. The zero-order chi connectivity index (χ0) is 40.3. The summed E-state index contributed by atoms with van der Waals surface area (Å²) in [4.78, 5) is 49.8. The van der Waals surface area contributed by atoms with Crippen LogP contribution in [0.15, 0.2) is 23.6 Å². The summed E-state index contributed by atoms with van der Waals surface area (Å²) >= 11 is 1.38. The van der Waals surface area contributed by atoms with Crippen molar-refractivity contribution in [2.45, 2.75) is 142 Å². The molecule has 2 aromatic rings. The molecule has 1 aromatic heterocycles. The number of ether oxygens (including phenoxy) is 2. The molecule has 0 saturated carbocycles. The van der Waals surface area contributed by atoms with Crippen molar-refractivity contribution in [1.29, 1.82) is 0 Å². The van der Waals surface area contributed by atoms with Gasteiger partial charge in [0.05, 0.1) is 12.5 Å². The zero-order valence-electron chi connectivity index (χ0n) is 34.1. The largest absolute Gasteiger partial charge is 0.508 e. The van der Waals surface area contributed by atoms with E-state index in [4.69, 9.17) is 26.0 Å². The van der Waals surface area contributed by atoms with Gasteiger partial charge in [0.25, 0.3) is 5.91 Å². The number of carbonyl (C=O) groups excluding carboxylic acids is 3. The van der Waals surface area contributed by atoms with Crippen molar-refractivity contribution >= 4 is 29.1 Å². The molecule has 1 aliphatic heterocycles. The Morgan fingerprint density at radius 2 is 1.93 bits per heavy atom. The van der Waals surface area contributed by atoms with Crippen LogP contribution in [0.2, 0.25) is 0 Å². The monoisotopic (exact) mass is 785 g/mol. The van der Waals surface area contributed by atoms with E-state index in [2.05, 4.69) is 64.2 Å². The average Bonchev–Trinajstić information content (AvgIpc) is 3.67. The van der Waals surface area contributed by atoms with Crippen molar-refractivity contribution in [2.24, 2.45) is 23.4 Å². The van der Waals surface area contributed by atoms with E-state index in [1.165, 1.54) is 17.8 Å². The van der Waals surface area contributed by atoms with Crippen molar-refractivity contribution in [1.82, 2.24) is 25.5 Å². The SMILES string of the molecule is CCCO[C@H](CC(C)(C(C)C)N(CCC)C(=O)C[C@H](CC)COC(N)[C@H]1CCCCN1C)c1nc(C(=O)N[C@H]2Cc3ccc(O)cc3[C@H](C(=O)NN)C2)cs1.